The number of hydrazone groups is 1. The molecular formula is C12H12N2. The largest absolute Gasteiger partial charge is 0.251 e. The van der Waals surface area contributed by atoms with Crippen molar-refractivity contribution in [1.29, 1.82) is 0 Å². The number of hydrogen-bond acceptors (Lipinski definition) is 2. The lowest BCUT2D eigenvalue weighted by atomic mass is 10.1. The number of rotatable bonds is 1. The summed E-state index contributed by atoms with van der Waals surface area (Å²) in [5.41, 5.74) is 1.06. The van der Waals surface area contributed by atoms with E-state index < -0.39 is 0 Å². The van der Waals surface area contributed by atoms with Gasteiger partial charge in [-0.05, 0) is 25.0 Å². The second-order valence-corrected chi connectivity index (χ2v) is 3.24. The van der Waals surface area contributed by atoms with E-state index in [1.807, 2.05) is 41.6 Å². The lowest BCUT2D eigenvalue weighted by molar-refractivity contribution is 0.662. The first-order chi connectivity index (χ1) is 6.92. The second kappa shape index (κ2) is 3.97. The number of anilines is 1. The fraction of sp³-hybridized carbons (Fsp3) is 0.250. The summed E-state index contributed by atoms with van der Waals surface area (Å²) < 4.78 is 0. The van der Waals surface area contributed by atoms with Crippen molar-refractivity contribution >= 4 is 11.9 Å². The Hall–Kier alpha value is -1.75. The third kappa shape index (κ3) is 1.62. The highest BCUT2D eigenvalue weighted by atomic mass is 15.5. The molecule has 0 saturated carbocycles. The molecule has 0 aromatic heterocycles. The van der Waals surface area contributed by atoms with Crippen LogP contribution in [0.25, 0.3) is 0 Å². The maximum absolute atomic E-state index is 5.47. The fourth-order valence-electron chi connectivity index (χ4n) is 1.56. The van der Waals surface area contributed by atoms with Gasteiger partial charge in [0.05, 0.1) is 5.69 Å². The van der Waals surface area contributed by atoms with E-state index in [0.717, 1.165) is 18.5 Å². The molecule has 1 unspecified atom stereocenters. The monoisotopic (exact) mass is 184 g/mol. The SMILES string of the molecule is C#CC1CCC=NN1c1ccccc1. The third-order valence-electron chi connectivity index (χ3n) is 2.28. The van der Waals surface area contributed by atoms with Gasteiger partial charge in [-0.25, -0.2) is 0 Å². The van der Waals surface area contributed by atoms with Crippen LogP contribution >= 0.6 is 0 Å². The van der Waals surface area contributed by atoms with Crippen LogP contribution < -0.4 is 5.01 Å². The van der Waals surface area contributed by atoms with Crippen LogP contribution in [0.5, 0.6) is 0 Å². The molecule has 0 aliphatic carbocycles. The smallest absolute Gasteiger partial charge is 0.113 e. The van der Waals surface area contributed by atoms with E-state index in [2.05, 4.69) is 11.0 Å². The van der Waals surface area contributed by atoms with Gasteiger partial charge in [-0.3, -0.25) is 5.01 Å². The average Bonchev–Trinajstić information content (AvgIpc) is 2.30. The van der Waals surface area contributed by atoms with Crippen molar-refractivity contribution in [3.05, 3.63) is 30.3 Å². The third-order valence-corrected chi connectivity index (χ3v) is 2.28. The molecule has 1 aromatic rings. The molecule has 14 heavy (non-hydrogen) atoms. The molecule has 1 aromatic carbocycles. The molecular weight excluding hydrogens is 172 g/mol. The Morgan fingerprint density at radius 2 is 2.14 bits per heavy atom. The summed E-state index contributed by atoms with van der Waals surface area (Å²) in [5.74, 6) is 2.76. The first kappa shape index (κ1) is 8.83. The van der Waals surface area contributed by atoms with Crippen molar-refractivity contribution in [3.8, 4) is 12.3 Å². The zero-order valence-electron chi connectivity index (χ0n) is 7.93. The Morgan fingerprint density at radius 3 is 2.86 bits per heavy atom. The first-order valence-electron chi connectivity index (χ1n) is 4.74. The Morgan fingerprint density at radius 1 is 1.36 bits per heavy atom. The predicted octanol–water partition coefficient (Wildman–Crippen LogP) is 2.27. The predicted molar refractivity (Wildman–Crippen MR) is 59.3 cm³/mol. The molecule has 0 spiro atoms. The van der Waals surface area contributed by atoms with Crippen molar-refractivity contribution in [1.82, 2.24) is 0 Å². The molecule has 1 aliphatic heterocycles. The molecule has 1 aliphatic rings. The molecule has 2 nitrogen and oxygen atoms in total. The summed E-state index contributed by atoms with van der Waals surface area (Å²) in [6, 6.07) is 10.1. The highest BCUT2D eigenvalue weighted by molar-refractivity contribution is 5.63. The highest BCUT2D eigenvalue weighted by Gasteiger charge is 2.17. The number of nitrogens with zero attached hydrogens (tertiary/aromatic N) is 2. The maximum atomic E-state index is 5.47. The van der Waals surface area contributed by atoms with E-state index in [1.165, 1.54) is 0 Å². The van der Waals surface area contributed by atoms with Gasteiger partial charge in [-0.1, -0.05) is 24.1 Å². The summed E-state index contributed by atoms with van der Waals surface area (Å²) >= 11 is 0. The van der Waals surface area contributed by atoms with E-state index in [-0.39, 0.29) is 6.04 Å². The van der Waals surface area contributed by atoms with Crippen molar-refractivity contribution < 1.29 is 0 Å². The lowest BCUT2D eigenvalue weighted by Gasteiger charge is -2.27. The van der Waals surface area contributed by atoms with Crippen LogP contribution in [-0.2, 0) is 0 Å². The Kier molecular flexibility index (Phi) is 2.51. The number of terminal acetylenes is 1. The summed E-state index contributed by atoms with van der Waals surface area (Å²) in [7, 11) is 0. The van der Waals surface area contributed by atoms with Gasteiger partial charge in [0.2, 0.25) is 0 Å². The molecule has 1 atom stereocenters. The van der Waals surface area contributed by atoms with E-state index in [9.17, 15) is 0 Å². The maximum Gasteiger partial charge on any atom is 0.113 e. The molecule has 0 fully saturated rings. The molecule has 0 saturated heterocycles. The van der Waals surface area contributed by atoms with Gasteiger partial charge in [0.1, 0.15) is 6.04 Å². The molecule has 2 rings (SSSR count). The van der Waals surface area contributed by atoms with Crippen molar-refractivity contribution in [2.75, 3.05) is 5.01 Å². The second-order valence-electron chi connectivity index (χ2n) is 3.24. The van der Waals surface area contributed by atoms with Gasteiger partial charge in [-0.15, -0.1) is 6.42 Å². The van der Waals surface area contributed by atoms with Crippen LogP contribution in [0.2, 0.25) is 0 Å². The van der Waals surface area contributed by atoms with Crippen molar-refractivity contribution in [2.24, 2.45) is 5.10 Å². The molecule has 0 radical (unpaired) electrons. The quantitative estimate of drug-likeness (QED) is 0.611. The topological polar surface area (TPSA) is 15.6 Å². The van der Waals surface area contributed by atoms with Gasteiger partial charge < -0.3 is 0 Å². The molecule has 1 heterocycles. The summed E-state index contributed by atoms with van der Waals surface area (Å²) in [6.45, 7) is 0. The molecule has 2 heteroatoms. The van der Waals surface area contributed by atoms with Crippen LogP contribution in [0.4, 0.5) is 5.69 Å². The van der Waals surface area contributed by atoms with Gasteiger partial charge in [0.25, 0.3) is 0 Å². The minimum absolute atomic E-state index is 0.0994. The van der Waals surface area contributed by atoms with Gasteiger partial charge in [0.15, 0.2) is 0 Å². The Bertz CT molecular complexity index is 362. The molecule has 0 bridgehead atoms. The summed E-state index contributed by atoms with van der Waals surface area (Å²) in [5, 5.41) is 6.22. The number of benzene rings is 1. The zero-order chi connectivity index (χ0) is 9.80. The molecule has 0 amide bonds. The van der Waals surface area contributed by atoms with E-state index in [1.54, 1.807) is 0 Å². The van der Waals surface area contributed by atoms with Crippen LogP contribution in [0, 0.1) is 12.3 Å². The van der Waals surface area contributed by atoms with Crippen molar-refractivity contribution in [2.45, 2.75) is 18.9 Å². The molecule has 70 valence electrons. The van der Waals surface area contributed by atoms with Crippen LogP contribution in [0.15, 0.2) is 35.4 Å². The molecule has 0 N–H and O–H groups in total. The van der Waals surface area contributed by atoms with Crippen LogP contribution in [0.3, 0.4) is 0 Å². The fourth-order valence-corrected chi connectivity index (χ4v) is 1.56. The first-order valence-corrected chi connectivity index (χ1v) is 4.74. The average molecular weight is 184 g/mol. The lowest BCUT2D eigenvalue weighted by Crippen LogP contribution is -2.32. The summed E-state index contributed by atoms with van der Waals surface area (Å²) in [6.07, 6.45) is 9.33. The minimum atomic E-state index is 0.0994. The number of para-hydroxylation sites is 1. The van der Waals surface area contributed by atoms with Crippen LogP contribution in [-0.4, -0.2) is 12.3 Å². The normalized spacial score (nSPS) is 20.5. The summed E-state index contributed by atoms with van der Waals surface area (Å²) in [4.78, 5) is 0. The number of hydrogen-bond donors (Lipinski definition) is 0. The Labute approximate surface area is 84.2 Å². The van der Waals surface area contributed by atoms with E-state index >= 15 is 0 Å². The van der Waals surface area contributed by atoms with Gasteiger partial charge >= 0.3 is 0 Å². The van der Waals surface area contributed by atoms with Gasteiger partial charge in [-0.2, -0.15) is 5.10 Å². The standard InChI is InChI=1S/C12H12N2/c1-2-11-9-6-10-13-14(11)12-7-4-3-5-8-12/h1,3-5,7-8,10-11H,6,9H2. The minimum Gasteiger partial charge on any atom is -0.251 e. The van der Waals surface area contributed by atoms with E-state index in [4.69, 9.17) is 6.42 Å². The Balaban J connectivity index is 2.29. The van der Waals surface area contributed by atoms with Crippen molar-refractivity contribution in [3.63, 3.8) is 0 Å². The highest BCUT2D eigenvalue weighted by Crippen LogP contribution is 2.21. The van der Waals surface area contributed by atoms with Crippen LogP contribution in [0.1, 0.15) is 12.8 Å². The van der Waals surface area contributed by atoms with Gasteiger partial charge in [0, 0.05) is 6.21 Å². The zero-order valence-corrected chi connectivity index (χ0v) is 7.93. The van der Waals surface area contributed by atoms with E-state index in [0.29, 0.717) is 0 Å².